The van der Waals surface area contributed by atoms with Crippen molar-refractivity contribution in [1.82, 2.24) is 4.90 Å². The first-order valence-corrected chi connectivity index (χ1v) is 7.24. The van der Waals surface area contributed by atoms with E-state index in [9.17, 15) is 9.59 Å². The van der Waals surface area contributed by atoms with Gasteiger partial charge in [-0.1, -0.05) is 6.92 Å². The molecule has 1 fully saturated rings. The fourth-order valence-corrected chi connectivity index (χ4v) is 2.86. The molecule has 4 atom stereocenters. The van der Waals surface area contributed by atoms with Crippen molar-refractivity contribution in [2.75, 3.05) is 6.54 Å². The van der Waals surface area contributed by atoms with Gasteiger partial charge in [0.15, 0.2) is 0 Å². The molecule has 0 aliphatic carbocycles. The highest BCUT2D eigenvalue weighted by atomic mass is 16.5. The molecule has 1 rings (SSSR count). The lowest BCUT2D eigenvalue weighted by atomic mass is 9.87. The van der Waals surface area contributed by atoms with Gasteiger partial charge in [-0.2, -0.15) is 0 Å². The molecular weight excluding hydrogens is 258 g/mol. The zero-order valence-corrected chi connectivity index (χ0v) is 13.3. The molecule has 1 amide bonds. The molecule has 5 nitrogen and oxygen atoms in total. The summed E-state index contributed by atoms with van der Waals surface area (Å²) in [5.74, 6) is -0.933. The third-order valence-electron chi connectivity index (χ3n) is 4.15. The topological polar surface area (TPSA) is 66.8 Å². The molecule has 0 radical (unpaired) electrons. The number of hydrogen-bond donors (Lipinski definition) is 1. The van der Waals surface area contributed by atoms with Crippen LogP contribution in [0.25, 0.3) is 0 Å². The predicted molar refractivity (Wildman–Crippen MR) is 76.4 cm³/mol. The number of amides is 1. The number of ether oxygens (including phenoxy) is 1. The number of carbonyl (C=O) groups excluding carboxylic acids is 1. The van der Waals surface area contributed by atoms with Crippen molar-refractivity contribution in [3.05, 3.63) is 0 Å². The highest BCUT2D eigenvalue weighted by Gasteiger charge is 2.45. The summed E-state index contributed by atoms with van der Waals surface area (Å²) >= 11 is 0. The van der Waals surface area contributed by atoms with Crippen LogP contribution in [0, 0.1) is 11.8 Å². The third kappa shape index (κ3) is 3.72. The Morgan fingerprint density at radius 2 is 1.70 bits per heavy atom. The lowest BCUT2D eigenvalue weighted by Crippen LogP contribution is -2.51. The van der Waals surface area contributed by atoms with E-state index in [1.807, 2.05) is 41.5 Å². The summed E-state index contributed by atoms with van der Waals surface area (Å²) in [6, 6.07) is 0. The Morgan fingerprint density at radius 3 is 2.05 bits per heavy atom. The van der Waals surface area contributed by atoms with Crippen molar-refractivity contribution in [2.45, 2.75) is 65.7 Å². The Hall–Kier alpha value is -1.10. The SMILES string of the molecule is CC1OC(C)C(C(=O)N(CCC(=O)O)C(C)(C)C)C1C. The van der Waals surface area contributed by atoms with Gasteiger partial charge in [0.05, 0.1) is 24.5 Å². The van der Waals surface area contributed by atoms with E-state index in [0.717, 1.165) is 0 Å². The smallest absolute Gasteiger partial charge is 0.305 e. The van der Waals surface area contributed by atoms with Crippen molar-refractivity contribution in [3.8, 4) is 0 Å². The van der Waals surface area contributed by atoms with Crippen molar-refractivity contribution in [3.63, 3.8) is 0 Å². The molecule has 0 saturated carbocycles. The van der Waals surface area contributed by atoms with Crippen molar-refractivity contribution in [2.24, 2.45) is 11.8 Å². The second kappa shape index (κ2) is 6.12. The van der Waals surface area contributed by atoms with Crippen LogP contribution in [0.3, 0.4) is 0 Å². The fraction of sp³-hybridized carbons (Fsp3) is 0.867. The van der Waals surface area contributed by atoms with Gasteiger partial charge in [-0.3, -0.25) is 9.59 Å². The lowest BCUT2D eigenvalue weighted by molar-refractivity contribution is -0.144. The number of carboxylic acids is 1. The number of rotatable bonds is 4. The highest BCUT2D eigenvalue weighted by Crippen LogP contribution is 2.34. The summed E-state index contributed by atoms with van der Waals surface area (Å²) in [5, 5.41) is 8.86. The molecule has 5 heteroatoms. The average Bonchev–Trinajstić information content (AvgIpc) is 2.50. The number of aliphatic carboxylic acids is 1. The number of carboxylic acid groups (broad SMARTS) is 1. The van der Waals surface area contributed by atoms with Gasteiger partial charge >= 0.3 is 5.97 Å². The fourth-order valence-electron chi connectivity index (χ4n) is 2.86. The Kier molecular flexibility index (Phi) is 5.19. The third-order valence-corrected chi connectivity index (χ3v) is 4.15. The van der Waals surface area contributed by atoms with E-state index in [2.05, 4.69) is 0 Å². The summed E-state index contributed by atoms with van der Waals surface area (Å²) in [6.07, 6.45) is -0.100. The zero-order chi connectivity index (χ0) is 15.7. The van der Waals surface area contributed by atoms with Crippen molar-refractivity contribution >= 4 is 11.9 Å². The van der Waals surface area contributed by atoms with Crippen LogP contribution in [0.2, 0.25) is 0 Å². The van der Waals surface area contributed by atoms with Crippen molar-refractivity contribution < 1.29 is 19.4 Å². The first-order valence-electron chi connectivity index (χ1n) is 7.24. The summed E-state index contributed by atoms with van der Waals surface area (Å²) in [6.45, 7) is 12.0. The molecule has 116 valence electrons. The molecule has 1 N–H and O–H groups in total. The number of carbonyl (C=O) groups is 2. The van der Waals surface area contributed by atoms with Gasteiger partial charge < -0.3 is 14.7 Å². The largest absolute Gasteiger partial charge is 0.481 e. The molecule has 0 aromatic carbocycles. The first-order chi connectivity index (χ1) is 9.05. The van der Waals surface area contributed by atoms with Gasteiger partial charge in [-0.15, -0.1) is 0 Å². The van der Waals surface area contributed by atoms with Crippen LogP contribution in [-0.2, 0) is 14.3 Å². The maximum atomic E-state index is 12.8. The molecule has 1 saturated heterocycles. The van der Waals surface area contributed by atoms with Crippen LogP contribution in [0.15, 0.2) is 0 Å². The molecule has 4 unspecified atom stereocenters. The van der Waals surface area contributed by atoms with Crippen LogP contribution in [0.5, 0.6) is 0 Å². The summed E-state index contributed by atoms with van der Waals surface area (Å²) in [7, 11) is 0. The van der Waals surface area contributed by atoms with E-state index >= 15 is 0 Å². The number of nitrogens with zero attached hydrogens (tertiary/aromatic N) is 1. The molecule has 1 aliphatic rings. The Bertz CT molecular complexity index is 375. The lowest BCUT2D eigenvalue weighted by Gasteiger charge is -2.38. The summed E-state index contributed by atoms with van der Waals surface area (Å²) in [4.78, 5) is 25.3. The molecule has 1 heterocycles. The van der Waals surface area contributed by atoms with Gasteiger partial charge in [0.25, 0.3) is 0 Å². The van der Waals surface area contributed by atoms with Gasteiger partial charge in [0.2, 0.25) is 5.91 Å². The van der Waals surface area contributed by atoms with Crippen LogP contribution < -0.4 is 0 Å². The van der Waals surface area contributed by atoms with E-state index in [1.54, 1.807) is 4.90 Å². The van der Waals surface area contributed by atoms with Gasteiger partial charge in [-0.25, -0.2) is 0 Å². The molecular formula is C15H27NO4. The maximum absolute atomic E-state index is 12.8. The maximum Gasteiger partial charge on any atom is 0.305 e. The zero-order valence-electron chi connectivity index (χ0n) is 13.3. The minimum absolute atomic E-state index is 0.00287. The normalized spacial score (nSPS) is 30.3. The molecule has 1 aliphatic heterocycles. The second-order valence-corrected chi connectivity index (χ2v) is 6.74. The van der Waals surface area contributed by atoms with Crippen LogP contribution in [0.4, 0.5) is 0 Å². The molecule has 20 heavy (non-hydrogen) atoms. The molecule has 0 spiro atoms. The predicted octanol–water partition coefficient (Wildman–Crippen LogP) is 2.15. The molecule has 0 aromatic heterocycles. The standard InChI is InChI=1S/C15H27NO4/c1-9-10(2)20-11(3)13(9)14(19)16(15(4,5)6)8-7-12(17)18/h9-11,13H,7-8H2,1-6H3,(H,17,18). The van der Waals surface area contributed by atoms with Gasteiger partial charge in [0.1, 0.15) is 0 Å². The average molecular weight is 285 g/mol. The number of hydrogen-bond acceptors (Lipinski definition) is 3. The Labute approximate surface area is 121 Å². The van der Waals surface area contributed by atoms with E-state index in [4.69, 9.17) is 9.84 Å². The van der Waals surface area contributed by atoms with E-state index in [0.29, 0.717) is 0 Å². The minimum atomic E-state index is -0.885. The van der Waals surface area contributed by atoms with Gasteiger partial charge in [0, 0.05) is 12.1 Å². The Balaban J connectivity index is 2.90. The highest BCUT2D eigenvalue weighted by molar-refractivity contribution is 5.81. The Morgan fingerprint density at radius 1 is 1.15 bits per heavy atom. The second-order valence-electron chi connectivity index (χ2n) is 6.74. The van der Waals surface area contributed by atoms with Crippen LogP contribution in [0.1, 0.15) is 48.0 Å². The molecule has 0 aromatic rings. The van der Waals surface area contributed by atoms with Crippen molar-refractivity contribution in [1.29, 1.82) is 0 Å². The van der Waals surface area contributed by atoms with E-state index in [-0.39, 0.29) is 42.9 Å². The monoisotopic (exact) mass is 285 g/mol. The minimum Gasteiger partial charge on any atom is -0.481 e. The first kappa shape index (κ1) is 17.0. The summed E-state index contributed by atoms with van der Waals surface area (Å²) < 4.78 is 5.73. The van der Waals surface area contributed by atoms with E-state index < -0.39 is 11.5 Å². The quantitative estimate of drug-likeness (QED) is 0.859. The van der Waals surface area contributed by atoms with E-state index in [1.165, 1.54) is 0 Å². The van der Waals surface area contributed by atoms with Crippen LogP contribution in [-0.4, -0.2) is 46.2 Å². The van der Waals surface area contributed by atoms with Crippen LogP contribution >= 0.6 is 0 Å². The molecule has 0 bridgehead atoms. The summed E-state index contributed by atoms with van der Waals surface area (Å²) in [5.41, 5.74) is -0.391. The van der Waals surface area contributed by atoms with Gasteiger partial charge in [-0.05, 0) is 40.5 Å².